The molecule has 2 bridgehead atoms. The molecule has 3 fully saturated rings. The summed E-state index contributed by atoms with van der Waals surface area (Å²) in [6.45, 7) is -1.63. The van der Waals surface area contributed by atoms with Gasteiger partial charge >= 0.3 is 15.6 Å². The van der Waals surface area contributed by atoms with Gasteiger partial charge in [-0.1, -0.05) is 0 Å². The summed E-state index contributed by atoms with van der Waals surface area (Å²) < 4.78 is 61.4. The van der Waals surface area contributed by atoms with Gasteiger partial charge in [0.15, 0.2) is 35.1 Å². The highest BCUT2D eigenvalue weighted by Gasteiger charge is 2.54. The third kappa shape index (κ3) is 5.39. The molecule has 23 nitrogen and oxygen atoms in total. The van der Waals surface area contributed by atoms with Crippen LogP contribution >= 0.6 is 15.6 Å². The Kier molecular flexibility index (Phi) is 7.70. The topological polar surface area (TPSA) is 316 Å². The molecule has 0 spiro atoms. The number of hydrogen-bond donors (Lipinski definition) is 7. The van der Waals surface area contributed by atoms with E-state index in [9.17, 15) is 33.9 Å². The summed E-state index contributed by atoms with van der Waals surface area (Å²) in [5.74, 6) is 0.0918. The Hall–Kier alpha value is -3.44. The summed E-state index contributed by atoms with van der Waals surface area (Å²) in [5, 5.41) is 25.1. The van der Waals surface area contributed by atoms with Gasteiger partial charge in [0.1, 0.15) is 48.5 Å². The molecule has 8 N–H and O–H groups in total. The van der Waals surface area contributed by atoms with Gasteiger partial charge in [0.25, 0.3) is 5.56 Å². The van der Waals surface area contributed by atoms with E-state index in [0.717, 1.165) is 10.9 Å². The molecule has 46 heavy (non-hydrogen) atoms. The van der Waals surface area contributed by atoms with Crippen LogP contribution in [0.25, 0.3) is 22.3 Å². The van der Waals surface area contributed by atoms with Crippen LogP contribution in [0.2, 0.25) is 0 Å². The van der Waals surface area contributed by atoms with Gasteiger partial charge < -0.3 is 40.5 Å². The normalized spacial score (nSPS) is 37.1. The first-order valence-corrected chi connectivity index (χ1v) is 16.4. The van der Waals surface area contributed by atoms with Gasteiger partial charge in [-0.3, -0.25) is 37.0 Å². The molecule has 0 aromatic carbocycles. The molecule has 3 aliphatic heterocycles. The zero-order valence-corrected chi connectivity index (χ0v) is 25.1. The standard InChI is InChI=1S/C21H26N10O13P2/c1-23-15-9-16(25-4-24-15)30(5-26-9)19-12(33)13-8(42-19)3-40-46(37,38)44-14-11(32)7(2-39-45(35,36)43-13)41-20(14)31-6-27-10-17(31)28-21(22)29-18(10)34/h4-8,11-14,19-20,32-33H,2-3H2,1H3,(H,35,36)(H,37,38)(H,23,24,25)(H3,22,28,29,34)/t7-,8-,11-,12-,13-,14-,19-,20-/m1/s1. The number of imidazole rings is 2. The van der Waals surface area contributed by atoms with Crippen molar-refractivity contribution in [3.05, 3.63) is 29.3 Å². The van der Waals surface area contributed by atoms with Gasteiger partial charge in [-0.05, 0) is 0 Å². The lowest BCUT2D eigenvalue weighted by Crippen LogP contribution is -2.36. The molecular weight excluding hydrogens is 662 g/mol. The Morgan fingerprint density at radius 2 is 1.52 bits per heavy atom. The summed E-state index contributed by atoms with van der Waals surface area (Å²) >= 11 is 0. The molecule has 7 rings (SSSR count). The van der Waals surface area contributed by atoms with E-state index in [2.05, 4.69) is 35.2 Å². The van der Waals surface area contributed by atoms with Gasteiger partial charge in [0.05, 0.1) is 25.9 Å². The molecule has 0 aliphatic carbocycles. The van der Waals surface area contributed by atoms with Crippen molar-refractivity contribution in [1.29, 1.82) is 0 Å². The van der Waals surface area contributed by atoms with Crippen LogP contribution < -0.4 is 16.6 Å². The first-order chi connectivity index (χ1) is 21.9. The lowest BCUT2D eigenvalue weighted by Gasteiger charge is -2.25. The number of phosphoric acid groups is 2. The SMILES string of the molecule is CNc1ncnc2c1ncn2[C@@H]1O[C@@H]2COP(=O)(O)O[C@@H]3[C@H](O)[C@@H](COP(=O)(O)O[C@H]2[C@H]1O)O[C@H]3n1cnc2c(=O)[nH]c(N)nc21. The lowest BCUT2D eigenvalue weighted by molar-refractivity contribution is -0.0672. The summed E-state index contributed by atoms with van der Waals surface area (Å²) in [4.78, 5) is 56.3. The number of nitrogens with one attached hydrogen (secondary N) is 2. The molecule has 7 heterocycles. The summed E-state index contributed by atoms with van der Waals surface area (Å²) in [7, 11) is -8.55. The number of anilines is 2. The minimum absolute atomic E-state index is 0.124. The second kappa shape index (κ2) is 11.4. The molecule has 248 valence electrons. The maximum atomic E-state index is 13.2. The first-order valence-electron chi connectivity index (χ1n) is 13.4. The molecule has 3 saturated heterocycles. The Labute approximate surface area is 255 Å². The smallest absolute Gasteiger partial charge is 0.387 e. The van der Waals surface area contributed by atoms with Crippen molar-refractivity contribution in [2.75, 3.05) is 31.3 Å². The highest BCUT2D eigenvalue weighted by molar-refractivity contribution is 7.47. The van der Waals surface area contributed by atoms with E-state index in [-0.39, 0.29) is 22.8 Å². The van der Waals surface area contributed by atoms with E-state index in [1.165, 1.54) is 17.2 Å². The number of fused-ring (bicyclic) bond motifs is 5. The minimum atomic E-state index is -5.11. The Morgan fingerprint density at radius 1 is 0.891 bits per heavy atom. The van der Waals surface area contributed by atoms with Crippen molar-refractivity contribution in [1.82, 2.24) is 39.0 Å². The lowest BCUT2D eigenvalue weighted by atomic mass is 10.1. The largest absolute Gasteiger partial charge is 0.472 e. The fourth-order valence-corrected chi connectivity index (χ4v) is 7.36. The molecular formula is C21H26N10O13P2. The molecule has 4 aromatic heterocycles. The number of aliphatic hydroxyl groups is 2. The van der Waals surface area contributed by atoms with Crippen LogP contribution in [0.1, 0.15) is 12.5 Å². The maximum absolute atomic E-state index is 13.2. The van der Waals surface area contributed by atoms with Crippen molar-refractivity contribution < 1.29 is 56.7 Å². The van der Waals surface area contributed by atoms with Crippen LogP contribution in [0, 0.1) is 0 Å². The van der Waals surface area contributed by atoms with E-state index >= 15 is 0 Å². The van der Waals surface area contributed by atoms with Gasteiger partial charge in [-0.2, -0.15) is 4.98 Å². The average molecular weight is 688 g/mol. The van der Waals surface area contributed by atoms with E-state index in [0.29, 0.717) is 11.3 Å². The third-order valence-electron chi connectivity index (χ3n) is 7.53. The molecule has 3 aliphatic rings. The monoisotopic (exact) mass is 688 g/mol. The number of nitrogens with two attached hydrogens (primary N) is 1. The number of aromatic nitrogens is 8. The van der Waals surface area contributed by atoms with Crippen molar-refractivity contribution in [2.24, 2.45) is 0 Å². The Balaban J connectivity index is 1.20. The summed E-state index contributed by atoms with van der Waals surface area (Å²) in [6, 6.07) is 0. The highest BCUT2D eigenvalue weighted by Crippen LogP contribution is 2.53. The average Bonchev–Trinajstić information content (AvgIpc) is 3.76. The van der Waals surface area contributed by atoms with Crippen LogP contribution in [0.3, 0.4) is 0 Å². The zero-order valence-electron chi connectivity index (χ0n) is 23.3. The van der Waals surface area contributed by atoms with E-state index in [1.807, 2.05) is 0 Å². The number of rotatable bonds is 3. The molecule has 0 saturated carbocycles. The third-order valence-corrected chi connectivity index (χ3v) is 9.50. The molecule has 2 unspecified atom stereocenters. The van der Waals surface area contributed by atoms with Gasteiger partial charge in [0, 0.05) is 7.05 Å². The Bertz CT molecular complexity index is 1950. The summed E-state index contributed by atoms with van der Waals surface area (Å²) in [5.41, 5.74) is 5.21. The van der Waals surface area contributed by atoms with E-state index < -0.39 is 83.5 Å². The second-order valence-corrected chi connectivity index (χ2v) is 13.2. The Morgan fingerprint density at radius 3 is 2.24 bits per heavy atom. The number of aliphatic hydroxyl groups excluding tert-OH is 2. The van der Waals surface area contributed by atoms with Crippen molar-refractivity contribution >= 4 is 49.7 Å². The second-order valence-electron chi connectivity index (χ2n) is 10.4. The van der Waals surface area contributed by atoms with Crippen molar-refractivity contribution in [2.45, 2.75) is 49.1 Å². The fourth-order valence-electron chi connectivity index (χ4n) is 5.46. The molecule has 25 heteroatoms. The van der Waals surface area contributed by atoms with Gasteiger partial charge in [-0.25, -0.2) is 29.1 Å². The number of hydrogen-bond acceptors (Lipinski definition) is 18. The maximum Gasteiger partial charge on any atom is 0.472 e. The number of nitrogens with zero attached hydrogens (tertiary/aromatic N) is 7. The van der Waals surface area contributed by atoms with Gasteiger partial charge in [-0.15, -0.1) is 0 Å². The van der Waals surface area contributed by atoms with Crippen molar-refractivity contribution in [3.8, 4) is 0 Å². The van der Waals surface area contributed by atoms with Crippen molar-refractivity contribution in [3.63, 3.8) is 0 Å². The number of nitrogen functional groups attached to an aromatic ring is 1. The van der Waals surface area contributed by atoms with E-state index in [1.54, 1.807) is 7.05 Å². The number of ether oxygens (including phenoxy) is 2. The predicted molar refractivity (Wildman–Crippen MR) is 149 cm³/mol. The van der Waals surface area contributed by atoms with E-state index in [4.69, 9.17) is 33.3 Å². The first kappa shape index (κ1) is 31.2. The minimum Gasteiger partial charge on any atom is -0.387 e. The highest BCUT2D eigenvalue weighted by atomic mass is 31.2. The molecule has 0 amide bonds. The van der Waals surface area contributed by atoms with Gasteiger partial charge in [0.2, 0.25) is 5.95 Å². The fraction of sp³-hybridized carbons (Fsp3) is 0.524. The van der Waals surface area contributed by atoms with Crippen LogP contribution in [0.4, 0.5) is 11.8 Å². The summed E-state index contributed by atoms with van der Waals surface area (Å²) in [6.07, 6.45) is -8.95. The van der Waals surface area contributed by atoms with Crippen LogP contribution in [0.15, 0.2) is 23.8 Å². The number of H-pyrrole nitrogens is 1. The van der Waals surface area contributed by atoms with Crippen LogP contribution in [-0.4, -0.2) is 116 Å². The van der Waals surface area contributed by atoms with Crippen LogP contribution in [0.5, 0.6) is 0 Å². The molecule has 10 atom stereocenters. The number of aromatic amines is 1. The van der Waals surface area contributed by atoms with Crippen LogP contribution in [-0.2, 0) is 36.7 Å². The predicted octanol–water partition coefficient (Wildman–Crippen LogP) is -1.88. The molecule has 4 aromatic rings. The quantitative estimate of drug-likeness (QED) is 0.116. The zero-order chi connectivity index (χ0) is 32.5. The molecule has 0 radical (unpaired) electrons. The number of phosphoric ester groups is 2.